The van der Waals surface area contributed by atoms with Gasteiger partial charge in [-0.05, 0) is 56.1 Å². The minimum Gasteiger partial charge on any atom is -0.497 e. The first kappa shape index (κ1) is 22.5. The number of nitrogens with zero attached hydrogens (tertiary/aromatic N) is 3. The van der Waals surface area contributed by atoms with Gasteiger partial charge in [-0.25, -0.2) is 0 Å². The Balaban J connectivity index is 0.00000240. The van der Waals surface area contributed by atoms with Crippen molar-refractivity contribution in [2.75, 3.05) is 51.3 Å². The molecule has 2 aliphatic heterocycles. The summed E-state index contributed by atoms with van der Waals surface area (Å²) in [6.07, 6.45) is 6.89. The molecule has 0 amide bonds. The van der Waals surface area contributed by atoms with Gasteiger partial charge in [0.25, 0.3) is 0 Å². The van der Waals surface area contributed by atoms with Crippen LogP contribution in [0.3, 0.4) is 0 Å². The fourth-order valence-corrected chi connectivity index (χ4v) is 5.24. The molecular formula is C23H37IN4O. The van der Waals surface area contributed by atoms with Gasteiger partial charge < -0.3 is 19.9 Å². The van der Waals surface area contributed by atoms with Crippen LogP contribution in [-0.2, 0) is 0 Å². The average molecular weight is 512 g/mol. The molecule has 3 unspecified atom stereocenters. The van der Waals surface area contributed by atoms with E-state index in [4.69, 9.17) is 9.73 Å². The molecule has 0 spiro atoms. The molecule has 0 bridgehead atoms. The van der Waals surface area contributed by atoms with Crippen LogP contribution in [0.5, 0.6) is 5.75 Å². The lowest BCUT2D eigenvalue weighted by atomic mass is 9.82. The third kappa shape index (κ3) is 5.50. The zero-order valence-corrected chi connectivity index (χ0v) is 20.3. The molecule has 2 saturated heterocycles. The smallest absolute Gasteiger partial charge is 0.193 e. The number of nitrogens with one attached hydrogen (secondary N) is 1. The maximum Gasteiger partial charge on any atom is 0.193 e. The molecule has 2 heterocycles. The largest absolute Gasteiger partial charge is 0.497 e. The van der Waals surface area contributed by atoms with E-state index in [1.54, 1.807) is 7.11 Å². The molecule has 1 aromatic rings. The molecule has 162 valence electrons. The van der Waals surface area contributed by atoms with E-state index in [2.05, 4.69) is 40.2 Å². The second-order valence-electron chi connectivity index (χ2n) is 8.71. The van der Waals surface area contributed by atoms with Crippen LogP contribution in [0.4, 0.5) is 5.69 Å². The number of ether oxygens (including phenoxy) is 1. The van der Waals surface area contributed by atoms with Gasteiger partial charge in [-0.15, -0.1) is 24.0 Å². The molecule has 4 rings (SSSR count). The second-order valence-corrected chi connectivity index (χ2v) is 8.71. The molecule has 0 radical (unpaired) electrons. The van der Waals surface area contributed by atoms with Crippen molar-refractivity contribution in [3.63, 3.8) is 0 Å². The summed E-state index contributed by atoms with van der Waals surface area (Å²) < 4.78 is 5.38. The number of anilines is 1. The number of benzene rings is 1. The van der Waals surface area contributed by atoms with Gasteiger partial charge in [0.05, 0.1) is 7.11 Å². The van der Waals surface area contributed by atoms with Gasteiger partial charge in [0.2, 0.25) is 0 Å². The summed E-state index contributed by atoms with van der Waals surface area (Å²) >= 11 is 0. The Morgan fingerprint density at radius 3 is 2.59 bits per heavy atom. The fraction of sp³-hybridized carbons (Fsp3) is 0.696. The van der Waals surface area contributed by atoms with Gasteiger partial charge in [0, 0.05) is 51.0 Å². The lowest BCUT2D eigenvalue weighted by Crippen LogP contribution is -2.40. The van der Waals surface area contributed by atoms with Gasteiger partial charge in [0.1, 0.15) is 5.75 Å². The Morgan fingerprint density at radius 2 is 1.90 bits per heavy atom. The minimum atomic E-state index is 0. The molecule has 1 N–H and O–H groups in total. The van der Waals surface area contributed by atoms with Crippen LogP contribution in [0.1, 0.15) is 39.0 Å². The summed E-state index contributed by atoms with van der Waals surface area (Å²) in [7, 11) is 1.73. The summed E-state index contributed by atoms with van der Waals surface area (Å²) in [6, 6.07) is 8.42. The lowest BCUT2D eigenvalue weighted by molar-refractivity contribution is 0.299. The van der Waals surface area contributed by atoms with Gasteiger partial charge >= 0.3 is 0 Å². The van der Waals surface area contributed by atoms with Crippen LogP contribution < -0.4 is 15.0 Å². The summed E-state index contributed by atoms with van der Waals surface area (Å²) in [5, 5.41) is 3.56. The Hall–Kier alpha value is -1.18. The Morgan fingerprint density at radius 1 is 1.14 bits per heavy atom. The van der Waals surface area contributed by atoms with E-state index in [-0.39, 0.29) is 24.0 Å². The van der Waals surface area contributed by atoms with Crippen LogP contribution in [0.2, 0.25) is 0 Å². The van der Waals surface area contributed by atoms with E-state index >= 15 is 0 Å². The molecule has 3 atom stereocenters. The van der Waals surface area contributed by atoms with Crippen molar-refractivity contribution in [1.82, 2.24) is 10.2 Å². The first-order valence-corrected chi connectivity index (χ1v) is 11.2. The van der Waals surface area contributed by atoms with Crippen molar-refractivity contribution >= 4 is 35.6 Å². The number of likely N-dealkylation sites (tertiary alicyclic amines) is 1. The monoisotopic (exact) mass is 512 g/mol. The molecule has 6 heteroatoms. The second kappa shape index (κ2) is 10.7. The number of rotatable bonds is 5. The maximum absolute atomic E-state index is 5.38. The van der Waals surface area contributed by atoms with Gasteiger partial charge in [0.15, 0.2) is 5.96 Å². The molecule has 3 aliphatic rings. The first-order valence-electron chi connectivity index (χ1n) is 11.2. The predicted molar refractivity (Wildman–Crippen MR) is 132 cm³/mol. The molecule has 1 aromatic carbocycles. The van der Waals surface area contributed by atoms with Crippen molar-refractivity contribution in [1.29, 1.82) is 0 Å². The van der Waals surface area contributed by atoms with Crippen LogP contribution in [-0.4, -0.2) is 57.2 Å². The summed E-state index contributed by atoms with van der Waals surface area (Å²) in [4.78, 5) is 10.1. The quantitative estimate of drug-likeness (QED) is 0.364. The van der Waals surface area contributed by atoms with Crippen molar-refractivity contribution in [3.05, 3.63) is 24.3 Å². The minimum absolute atomic E-state index is 0. The molecule has 1 saturated carbocycles. The molecule has 1 aliphatic carbocycles. The fourth-order valence-electron chi connectivity index (χ4n) is 5.24. The van der Waals surface area contributed by atoms with Crippen LogP contribution >= 0.6 is 24.0 Å². The van der Waals surface area contributed by atoms with Crippen LogP contribution in [0, 0.1) is 17.8 Å². The number of hydrogen-bond donors (Lipinski definition) is 1. The van der Waals surface area contributed by atoms with Gasteiger partial charge in [-0.2, -0.15) is 0 Å². The molecule has 0 aromatic heterocycles. The van der Waals surface area contributed by atoms with E-state index in [1.165, 1.54) is 50.9 Å². The summed E-state index contributed by atoms with van der Waals surface area (Å²) in [6.45, 7) is 8.66. The standard InChI is InChI=1S/C23H36N4O.HI/c1-3-24-23(27-16-19-7-4-5-8-20(19)17-27)25-14-18-11-12-26(15-18)21-9-6-10-22(13-21)28-2;/h6,9-10,13,18-20H,3-5,7-8,11-12,14-17H2,1-2H3,(H,24,25);1H. The first-order chi connectivity index (χ1) is 13.8. The molecule has 5 nitrogen and oxygen atoms in total. The van der Waals surface area contributed by atoms with Crippen molar-refractivity contribution in [2.24, 2.45) is 22.7 Å². The highest BCUT2D eigenvalue weighted by Crippen LogP contribution is 2.36. The predicted octanol–water partition coefficient (Wildman–Crippen LogP) is 4.23. The Labute approximate surface area is 193 Å². The third-order valence-electron chi connectivity index (χ3n) is 6.81. The maximum atomic E-state index is 5.38. The van der Waals surface area contributed by atoms with Crippen molar-refractivity contribution in [2.45, 2.75) is 39.0 Å². The topological polar surface area (TPSA) is 40.1 Å². The van der Waals surface area contributed by atoms with E-state index < -0.39 is 0 Å². The van der Waals surface area contributed by atoms with Crippen molar-refractivity contribution in [3.8, 4) is 5.75 Å². The van der Waals surface area contributed by atoms with E-state index in [9.17, 15) is 0 Å². The zero-order valence-electron chi connectivity index (χ0n) is 18.0. The van der Waals surface area contributed by atoms with E-state index in [0.717, 1.165) is 49.7 Å². The summed E-state index contributed by atoms with van der Waals surface area (Å²) in [5.41, 5.74) is 1.27. The molecular weight excluding hydrogens is 475 g/mol. The van der Waals surface area contributed by atoms with Gasteiger partial charge in [-0.1, -0.05) is 18.9 Å². The zero-order chi connectivity index (χ0) is 19.3. The average Bonchev–Trinajstić information content (AvgIpc) is 3.38. The SMILES string of the molecule is CCNC(=NCC1CCN(c2cccc(OC)c2)C1)N1CC2CCCCC2C1.I. The third-order valence-corrected chi connectivity index (χ3v) is 6.81. The molecule has 29 heavy (non-hydrogen) atoms. The highest BCUT2D eigenvalue weighted by Gasteiger charge is 2.35. The highest BCUT2D eigenvalue weighted by atomic mass is 127. The molecule has 3 fully saturated rings. The number of halogens is 1. The van der Waals surface area contributed by atoms with E-state index in [0.29, 0.717) is 5.92 Å². The normalized spacial score (nSPS) is 26.8. The number of aliphatic imine (C=N–C) groups is 1. The number of guanidine groups is 1. The highest BCUT2D eigenvalue weighted by molar-refractivity contribution is 14.0. The number of fused-ring (bicyclic) bond motifs is 1. The lowest BCUT2D eigenvalue weighted by Gasteiger charge is -2.22. The Kier molecular flexibility index (Phi) is 8.33. The van der Waals surface area contributed by atoms with Gasteiger partial charge in [-0.3, -0.25) is 4.99 Å². The Bertz CT molecular complexity index is 669. The van der Waals surface area contributed by atoms with Crippen molar-refractivity contribution < 1.29 is 4.74 Å². The number of hydrogen-bond acceptors (Lipinski definition) is 3. The van der Waals surface area contributed by atoms with Crippen LogP contribution in [0.25, 0.3) is 0 Å². The van der Waals surface area contributed by atoms with E-state index in [1.807, 2.05) is 6.07 Å². The summed E-state index contributed by atoms with van der Waals surface area (Å²) in [5.74, 6) is 4.51. The number of methoxy groups -OCH3 is 1. The van der Waals surface area contributed by atoms with Crippen LogP contribution in [0.15, 0.2) is 29.3 Å².